The molecule has 4 aliphatic rings. The summed E-state index contributed by atoms with van der Waals surface area (Å²) in [5.41, 5.74) is -1.38. The molecule has 8 atom stereocenters. The Balaban J connectivity index is 1.28. The average Bonchev–Trinajstić information content (AvgIpc) is 3.40. The van der Waals surface area contributed by atoms with Crippen LogP contribution in [0.4, 0.5) is 8.78 Å². The first-order valence-corrected chi connectivity index (χ1v) is 13.6. The van der Waals surface area contributed by atoms with Crippen LogP contribution in [0.2, 0.25) is 0 Å². The number of ketones is 1. The molecule has 1 aromatic rings. The molecule has 7 nitrogen and oxygen atoms in total. The molecule has 9 heteroatoms. The van der Waals surface area contributed by atoms with Gasteiger partial charge in [-0.25, -0.2) is 13.5 Å². The van der Waals surface area contributed by atoms with Gasteiger partial charge in [-0.05, 0) is 81.5 Å². The third-order valence-corrected chi connectivity index (χ3v) is 10.3. The molecule has 0 spiro atoms. The van der Waals surface area contributed by atoms with Crippen LogP contribution < -0.4 is 0 Å². The SMILES string of the molecule is COCCOCc1cn(CC(=O)[C@H]2CC[C@H]3C4CC[C@@H]5C[C@](C)(O)CC[C@@H]5[C@H]4CC(F)(F)[C@]23C)nn1. The maximum Gasteiger partial charge on any atom is 0.254 e. The number of nitrogens with zero attached hydrogens (tertiary/aromatic N) is 3. The topological polar surface area (TPSA) is 86.5 Å². The number of Topliss-reactive ketones (excluding diaryl/α,β-unsaturated/α-hetero) is 1. The van der Waals surface area contributed by atoms with Crippen LogP contribution in [0.3, 0.4) is 0 Å². The minimum Gasteiger partial charge on any atom is -0.390 e. The molecule has 0 aliphatic heterocycles. The molecule has 0 amide bonds. The summed E-state index contributed by atoms with van der Waals surface area (Å²) in [6.07, 6.45) is 6.96. The van der Waals surface area contributed by atoms with Gasteiger partial charge < -0.3 is 14.6 Å². The summed E-state index contributed by atoms with van der Waals surface area (Å²) in [5, 5.41) is 18.7. The van der Waals surface area contributed by atoms with Gasteiger partial charge >= 0.3 is 0 Å². The summed E-state index contributed by atoms with van der Waals surface area (Å²) in [6, 6.07) is 0. The van der Waals surface area contributed by atoms with Gasteiger partial charge in [-0.3, -0.25) is 4.79 Å². The van der Waals surface area contributed by atoms with Crippen LogP contribution in [-0.4, -0.2) is 57.7 Å². The van der Waals surface area contributed by atoms with Gasteiger partial charge in [0.1, 0.15) is 12.2 Å². The molecular formula is C27H41F2N3O4. The first-order valence-electron chi connectivity index (χ1n) is 13.6. The number of methoxy groups -OCH3 is 1. The quantitative estimate of drug-likeness (QED) is 0.527. The Kier molecular flexibility index (Phi) is 7.05. The predicted molar refractivity (Wildman–Crippen MR) is 128 cm³/mol. The molecule has 4 fully saturated rings. The van der Waals surface area contributed by atoms with Gasteiger partial charge in [0.2, 0.25) is 0 Å². The second-order valence-corrected chi connectivity index (χ2v) is 12.4. The van der Waals surface area contributed by atoms with Crippen LogP contribution in [0.25, 0.3) is 0 Å². The van der Waals surface area contributed by atoms with Crippen LogP contribution in [0.1, 0.15) is 70.9 Å². The second-order valence-electron chi connectivity index (χ2n) is 12.4. The van der Waals surface area contributed by atoms with Crippen LogP contribution in [0.15, 0.2) is 6.20 Å². The maximum atomic E-state index is 16.1. The number of hydrogen-bond acceptors (Lipinski definition) is 6. The molecule has 36 heavy (non-hydrogen) atoms. The number of aromatic nitrogens is 3. The summed E-state index contributed by atoms with van der Waals surface area (Å²) in [7, 11) is 1.60. The Bertz CT molecular complexity index is 953. The predicted octanol–water partition coefficient (Wildman–Crippen LogP) is 4.28. The van der Waals surface area contributed by atoms with Crippen molar-refractivity contribution in [1.82, 2.24) is 15.0 Å². The van der Waals surface area contributed by atoms with E-state index in [4.69, 9.17) is 9.47 Å². The van der Waals surface area contributed by atoms with Gasteiger partial charge in [0, 0.05) is 24.9 Å². The van der Waals surface area contributed by atoms with Gasteiger partial charge in [-0.2, -0.15) is 0 Å². The monoisotopic (exact) mass is 509 g/mol. The number of ether oxygens (including phenoxy) is 2. The highest BCUT2D eigenvalue weighted by Crippen LogP contribution is 2.69. The van der Waals surface area contributed by atoms with Gasteiger partial charge in [-0.15, -0.1) is 5.10 Å². The molecule has 1 unspecified atom stereocenters. The summed E-state index contributed by atoms with van der Waals surface area (Å²) >= 11 is 0. The standard InChI is InChI=1S/C27H41F2N3O4/c1-25(34)9-8-19-17(12-25)4-5-20-21(19)13-27(28,29)26(2)22(20)6-7-23(26)24(33)15-32-14-18(30-31-32)16-36-11-10-35-3/h14,17,19-23,34H,4-13,15-16H2,1-3H3/t17-,19+,20?,21-,22+,23-,25-,26+/m1/s1. The Labute approximate surface area is 212 Å². The van der Waals surface area contributed by atoms with E-state index in [0.29, 0.717) is 44.1 Å². The molecule has 1 aromatic heterocycles. The number of halogens is 2. The van der Waals surface area contributed by atoms with Crippen molar-refractivity contribution in [3.05, 3.63) is 11.9 Å². The van der Waals surface area contributed by atoms with E-state index >= 15 is 8.78 Å². The van der Waals surface area contributed by atoms with E-state index in [1.807, 2.05) is 6.92 Å². The lowest BCUT2D eigenvalue weighted by molar-refractivity contribution is -0.228. The molecule has 0 radical (unpaired) electrons. The number of rotatable bonds is 8. The molecular weight excluding hydrogens is 468 g/mol. The average molecular weight is 510 g/mol. The largest absolute Gasteiger partial charge is 0.390 e. The summed E-state index contributed by atoms with van der Waals surface area (Å²) < 4.78 is 44.1. The lowest BCUT2D eigenvalue weighted by atomic mass is 9.47. The fourth-order valence-electron chi connectivity index (χ4n) is 8.62. The van der Waals surface area contributed by atoms with E-state index in [-0.39, 0.29) is 49.0 Å². The maximum absolute atomic E-state index is 16.1. The zero-order chi connectivity index (χ0) is 25.7. The Hall–Kier alpha value is -1.45. The number of aliphatic hydroxyl groups is 1. The highest BCUT2D eigenvalue weighted by molar-refractivity contribution is 5.82. The van der Waals surface area contributed by atoms with E-state index < -0.39 is 22.9 Å². The Morgan fingerprint density at radius 3 is 2.69 bits per heavy atom. The van der Waals surface area contributed by atoms with Crippen LogP contribution in [-0.2, 0) is 27.4 Å². The van der Waals surface area contributed by atoms with Crippen LogP contribution in [0.5, 0.6) is 0 Å². The lowest BCUT2D eigenvalue weighted by Crippen LogP contribution is -2.59. The number of hydrogen-bond donors (Lipinski definition) is 1. The van der Waals surface area contributed by atoms with E-state index in [0.717, 1.165) is 25.7 Å². The van der Waals surface area contributed by atoms with E-state index in [1.165, 1.54) is 4.68 Å². The number of fused-ring (bicyclic) bond motifs is 5. The normalized spacial score (nSPS) is 41.4. The summed E-state index contributed by atoms with van der Waals surface area (Å²) in [6.45, 7) is 4.72. The van der Waals surface area contributed by atoms with Crippen molar-refractivity contribution in [3.8, 4) is 0 Å². The smallest absolute Gasteiger partial charge is 0.254 e. The molecule has 0 bridgehead atoms. The lowest BCUT2D eigenvalue weighted by Gasteiger charge is -2.59. The van der Waals surface area contributed by atoms with Crippen LogP contribution in [0, 0.1) is 40.9 Å². The van der Waals surface area contributed by atoms with Gasteiger partial charge in [0.05, 0.1) is 31.6 Å². The molecule has 1 heterocycles. The fraction of sp³-hybridized carbons (Fsp3) is 0.889. The molecule has 0 saturated heterocycles. The highest BCUT2D eigenvalue weighted by atomic mass is 19.3. The first kappa shape index (κ1) is 26.2. The molecule has 1 N–H and O–H groups in total. The zero-order valence-electron chi connectivity index (χ0n) is 21.8. The van der Waals surface area contributed by atoms with E-state index in [1.54, 1.807) is 20.2 Å². The van der Waals surface area contributed by atoms with Gasteiger partial charge in [0.15, 0.2) is 5.78 Å². The summed E-state index contributed by atoms with van der Waals surface area (Å²) in [4.78, 5) is 13.4. The Morgan fingerprint density at radius 1 is 1.11 bits per heavy atom. The number of carbonyl (C=O) groups excluding carboxylic acids is 1. The molecule has 0 aromatic carbocycles. The van der Waals surface area contributed by atoms with E-state index in [2.05, 4.69) is 10.3 Å². The van der Waals surface area contributed by atoms with Crippen molar-refractivity contribution in [2.45, 2.75) is 89.9 Å². The van der Waals surface area contributed by atoms with Crippen LogP contribution >= 0.6 is 0 Å². The Morgan fingerprint density at radius 2 is 1.92 bits per heavy atom. The minimum atomic E-state index is -2.89. The number of carbonyl (C=O) groups is 1. The summed E-state index contributed by atoms with van der Waals surface area (Å²) in [5.74, 6) is -3.00. The number of alkyl halides is 2. The van der Waals surface area contributed by atoms with Crippen molar-refractivity contribution < 1.29 is 28.2 Å². The van der Waals surface area contributed by atoms with Crippen molar-refractivity contribution in [2.75, 3.05) is 20.3 Å². The van der Waals surface area contributed by atoms with Crippen molar-refractivity contribution in [2.24, 2.45) is 40.9 Å². The highest BCUT2D eigenvalue weighted by Gasteiger charge is 2.70. The fourth-order valence-corrected chi connectivity index (χ4v) is 8.62. The van der Waals surface area contributed by atoms with Crippen molar-refractivity contribution in [1.29, 1.82) is 0 Å². The molecule has 4 saturated carbocycles. The minimum absolute atomic E-state index is 0.00208. The second kappa shape index (κ2) is 9.70. The van der Waals surface area contributed by atoms with Crippen molar-refractivity contribution in [3.63, 3.8) is 0 Å². The molecule has 5 rings (SSSR count). The third kappa shape index (κ3) is 4.53. The first-order chi connectivity index (χ1) is 17.1. The zero-order valence-corrected chi connectivity index (χ0v) is 21.8. The molecule has 202 valence electrons. The third-order valence-electron chi connectivity index (χ3n) is 10.3. The molecule has 4 aliphatic carbocycles. The van der Waals surface area contributed by atoms with Gasteiger partial charge in [-0.1, -0.05) is 12.1 Å². The van der Waals surface area contributed by atoms with Crippen molar-refractivity contribution >= 4 is 5.78 Å². The van der Waals surface area contributed by atoms with E-state index in [9.17, 15) is 9.90 Å². The van der Waals surface area contributed by atoms with Gasteiger partial charge in [0.25, 0.3) is 5.92 Å².